The number of benzene rings is 2. The topological polar surface area (TPSA) is 78.7 Å². The lowest BCUT2D eigenvalue weighted by Crippen LogP contribution is -2.09. The van der Waals surface area contributed by atoms with Crippen LogP contribution in [0.1, 0.15) is 15.9 Å². The molecule has 0 aliphatic carbocycles. The molecule has 0 atom stereocenters. The molecule has 0 saturated heterocycles. The van der Waals surface area contributed by atoms with Gasteiger partial charge in [-0.05, 0) is 24.3 Å². The first-order valence-electron chi connectivity index (χ1n) is 6.48. The van der Waals surface area contributed by atoms with Crippen LogP contribution in [0.3, 0.4) is 0 Å². The SMILES string of the molecule is O=Cc1cccc(OCOc2ccc(C(F)(F)F)cc2[N+](=O)[O-])c1. The van der Waals surface area contributed by atoms with Gasteiger partial charge in [0.15, 0.2) is 0 Å². The summed E-state index contributed by atoms with van der Waals surface area (Å²) in [5, 5.41) is 10.9. The highest BCUT2D eigenvalue weighted by atomic mass is 19.4. The minimum Gasteiger partial charge on any atom is -0.457 e. The summed E-state index contributed by atoms with van der Waals surface area (Å²) in [6, 6.07) is 7.96. The van der Waals surface area contributed by atoms with E-state index < -0.39 is 29.1 Å². The maximum absolute atomic E-state index is 12.6. The van der Waals surface area contributed by atoms with Crippen molar-refractivity contribution in [3.05, 3.63) is 63.7 Å². The Hall–Kier alpha value is -3.10. The summed E-state index contributed by atoms with van der Waals surface area (Å²) < 4.78 is 48.0. The molecule has 0 amide bonds. The molecule has 0 saturated carbocycles. The van der Waals surface area contributed by atoms with E-state index in [4.69, 9.17) is 9.47 Å². The van der Waals surface area contributed by atoms with Crippen molar-refractivity contribution in [2.24, 2.45) is 0 Å². The normalized spacial score (nSPS) is 11.0. The fourth-order valence-electron chi connectivity index (χ4n) is 1.80. The van der Waals surface area contributed by atoms with Crippen molar-refractivity contribution in [2.45, 2.75) is 6.18 Å². The van der Waals surface area contributed by atoms with Crippen molar-refractivity contribution in [2.75, 3.05) is 6.79 Å². The summed E-state index contributed by atoms with van der Waals surface area (Å²) in [4.78, 5) is 20.6. The van der Waals surface area contributed by atoms with E-state index in [1.807, 2.05) is 0 Å². The summed E-state index contributed by atoms with van der Waals surface area (Å²) >= 11 is 0. The summed E-state index contributed by atoms with van der Waals surface area (Å²) in [6.45, 7) is -0.478. The van der Waals surface area contributed by atoms with Crippen LogP contribution in [0.15, 0.2) is 42.5 Å². The number of ether oxygens (including phenoxy) is 2. The summed E-state index contributed by atoms with van der Waals surface area (Å²) in [6.07, 6.45) is -4.09. The largest absolute Gasteiger partial charge is 0.457 e. The molecule has 0 spiro atoms. The first-order chi connectivity index (χ1) is 11.3. The molecule has 0 radical (unpaired) electrons. The molecule has 2 aromatic rings. The maximum Gasteiger partial charge on any atom is 0.416 e. The van der Waals surface area contributed by atoms with Gasteiger partial charge in [0.25, 0.3) is 0 Å². The van der Waals surface area contributed by atoms with Gasteiger partial charge < -0.3 is 9.47 Å². The summed E-state index contributed by atoms with van der Waals surface area (Å²) in [7, 11) is 0. The lowest BCUT2D eigenvalue weighted by molar-refractivity contribution is -0.386. The number of aldehydes is 1. The van der Waals surface area contributed by atoms with Crippen LogP contribution < -0.4 is 9.47 Å². The average molecular weight is 341 g/mol. The van der Waals surface area contributed by atoms with Gasteiger partial charge in [0, 0.05) is 11.6 Å². The van der Waals surface area contributed by atoms with Gasteiger partial charge in [0.1, 0.15) is 12.0 Å². The summed E-state index contributed by atoms with van der Waals surface area (Å²) in [5.74, 6) is -0.0892. The molecule has 126 valence electrons. The van der Waals surface area contributed by atoms with E-state index in [1.54, 1.807) is 12.1 Å². The Balaban J connectivity index is 2.11. The number of carbonyl (C=O) groups is 1. The van der Waals surface area contributed by atoms with E-state index in [9.17, 15) is 28.1 Å². The highest BCUT2D eigenvalue weighted by Crippen LogP contribution is 2.36. The van der Waals surface area contributed by atoms with Crippen LogP contribution in [0, 0.1) is 10.1 Å². The zero-order valence-electron chi connectivity index (χ0n) is 11.9. The van der Waals surface area contributed by atoms with Gasteiger partial charge in [-0.1, -0.05) is 12.1 Å². The number of rotatable bonds is 6. The van der Waals surface area contributed by atoms with Crippen LogP contribution in [0.5, 0.6) is 11.5 Å². The molecule has 2 rings (SSSR count). The molecule has 2 aromatic carbocycles. The van der Waals surface area contributed by atoms with Gasteiger partial charge in [0.2, 0.25) is 12.5 Å². The van der Waals surface area contributed by atoms with Crippen LogP contribution in [0.4, 0.5) is 18.9 Å². The molecular formula is C15H10F3NO5. The van der Waals surface area contributed by atoms with Gasteiger partial charge in [-0.3, -0.25) is 14.9 Å². The Kier molecular flexibility index (Phi) is 5.02. The number of alkyl halides is 3. The predicted molar refractivity (Wildman–Crippen MR) is 76.1 cm³/mol. The van der Waals surface area contributed by atoms with Gasteiger partial charge >= 0.3 is 11.9 Å². The highest BCUT2D eigenvalue weighted by molar-refractivity contribution is 5.75. The number of nitrogens with zero attached hydrogens (tertiary/aromatic N) is 1. The lowest BCUT2D eigenvalue weighted by atomic mass is 10.2. The van der Waals surface area contributed by atoms with E-state index in [-0.39, 0.29) is 11.5 Å². The fraction of sp³-hybridized carbons (Fsp3) is 0.133. The van der Waals surface area contributed by atoms with Gasteiger partial charge in [-0.15, -0.1) is 0 Å². The van der Waals surface area contributed by atoms with Crippen LogP contribution in [-0.4, -0.2) is 18.0 Å². The molecule has 0 fully saturated rings. The third-order valence-electron chi connectivity index (χ3n) is 2.92. The fourth-order valence-corrected chi connectivity index (χ4v) is 1.80. The minimum absolute atomic E-state index is 0.272. The second-order valence-corrected chi connectivity index (χ2v) is 4.53. The van der Waals surface area contributed by atoms with Crippen molar-refractivity contribution in [3.8, 4) is 11.5 Å². The van der Waals surface area contributed by atoms with Crippen LogP contribution in [0.2, 0.25) is 0 Å². The Labute approximate surface area is 133 Å². The molecule has 0 aliphatic rings. The monoisotopic (exact) mass is 341 g/mol. The van der Waals surface area contributed by atoms with Crippen molar-refractivity contribution < 1.29 is 32.4 Å². The number of nitro groups is 1. The van der Waals surface area contributed by atoms with E-state index in [1.165, 1.54) is 12.1 Å². The molecule has 0 heterocycles. The second-order valence-electron chi connectivity index (χ2n) is 4.53. The quantitative estimate of drug-likeness (QED) is 0.345. The summed E-state index contributed by atoms with van der Waals surface area (Å²) in [5.41, 5.74) is -1.62. The first kappa shape index (κ1) is 17.3. The smallest absolute Gasteiger partial charge is 0.416 e. The molecule has 0 unspecified atom stereocenters. The number of hydrogen-bond donors (Lipinski definition) is 0. The first-order valence-corrected chi connectivity index (χ1v) is 6.48. The standard InChI is InChI=1S/C15H10F3NO5/c16-15(17,18)11-4-5-14(13(7-11)19(21)22)24-9-23-12-3-1-2-10(6-12)8-20/h1-8H,9H2. The van der Waals surface area contributed by atoms with E-state index >= 15 is 0 Å². The van der Waals surface area contributed by atoms with Crippen LogP contribution >= 0.6 is 0 Å². The van der Waals surface area contributed by atoms with Crippen molar-refractivity contribution >= 4 is 12.0 Å². The Morgan fingerprint density at radius 1 is 1.12 bits per heavy atom. The third kappa shape index (κ3) is 4.22. The molecule has 0 N–H and O–H groups in total. The molecule has 6 nitrogen and oxygen atoms in total. The van der Waals surface area contributed by atoms with Crippen LogP contribution in [0.25, 0.3) is 0 Å². The van der Waals surface area contributed by atoms with E-state index in [0.29, 0.717) is 24.0 Å². The number of hydrogen-bond acceptors (Lipinski definition) is 5. The van der Waals surface area contributed by atoms with E-state index in [0.717, 1.165) is 6.07 Å². The van der Waals surface area contributed by atoms with Crippen molar-refractivity contribution in [3.63, 3.8) is 0 Å². The lowest BCUT2D eigenvalue weighted by Gasteiger charge is -2.11. The third-order valence-corrected chi connectivity index (χ3v) is 2.92. The van der Waals surface area contributed by atoms with Gasteiger partial charge in [-0.25, -0.2) is 0 Å². The zero-order valence-corrected chi connectivity index (χ0v) is 11.9. The Morgan fingerprint density at radius 3 is 2.50 bits per heavy atom. The van der Waals surface area contributed by atoms with Crippen LogP contribution in [-0.2, 0) is 6.18 Å². The molecule has 0 aromatic heterocycles. The Morgan fingerprint density at radius 2 is 1.88 bits per heavy atom. The van der Waals surface area contributed by atoms with Crippen molar-refractivity contribution in [1.82, 2.24) is 0 Å². The molecule has 24 heavy (non-hydrogen) atoms. The van der Waals surface area contributed by atoms with Gasteiger partial charge in [-0.2, -0.15) is 13.2 Å². The van der Waals surface area contributed by atoms with Gasteiger partial charge in [0.05, 0.1) is 10.5 Å². The predicted octanol–water partition coefficient (Wildman–Crippen LogP) is 3.84. The molecule has 9 heteroatoms. The molecular weight excluding hydrogens is 331 g/mol. The zero-order chi connectivity index (χ0) is 17.7. The maximum atomic E-state index is 12.6. The highest BCUT2D eigenvalue weighted by Gasteiger charge is 2.33. The number of halogens is 3. The average Bonchev–Trinajstić information content (AvgIpc) is 2.54. The minimum atomic E-state index is -4.70. The number of carbonyl (C=O) groups excluding carboxylic acids is 1. The second kappa shape index (κ2) is 6.99. The van der Waals surface area contributed by atoms with Crippen molar-refractivity contribution in [1.29, 1.82) is 0 Å². The molecule has 0 bridgehead atoms. The number of nitro benzene ring substituents is 1. The van der Waals surface area contributed by atoms with E-state index in [2.05, 4.69) is 0 Å². The molecule has 0 aliphatic heterocycles. The Bertz CT molecular complexity index is 761.